The molecule has 2 aliphatic rings. The Hall–Kier alpha value is -3.02. The van der Waals surface area contributed by atoms with E-state index >= 15 is 0 Å². The minimum atomic E-state index is -0.245. The summed E-state index contributed by atoms with van der Waals surface area (Å²) in [6, 6.07) is 11.0. The Morgan fingerprint density at radius 1 is 1.35 bits per heavy atom. The lowest BCUT2D eigenvalue weighted by Gasteiger charge is -2.15. The van der Waals surface area contributed by atoms with Gasteiger partial charge in [-0.2, -0.15) is 0 Å². The summed E-state index contributed by atoms with van der Waals surface area (Å²) in [6.07, 6.45) is 4.29. The number of nitrogens with zero attached hydrogens (tertiary/aromatic N) is 1. The van der Waals surface area contributed by atoms with Gasteiger partial charge in [0.25, 0.3) is 0 Å². The molecular weight excluding hydrogens is 330 g/mol. The predicted octanol–water partition coefficient (Wildman–Crippen LogP) is 3.58. The van der Waals surface area contributed by atoms with E-state index in [0.717, 1.165) is 11.4 Å². The van der Waals surface area contributed by atoms with Crippen LogP contribution in [-0.4, -0.2) is 25.0 Å². The fourth-order valence-corrected chi connectivity index (χ4v) is 3.19. The summed E-state index contributed by atoms with van der Waals surface area (Å²) in [5.74, 6) is 2.64. The van der Waals surface area contributed by atoms with Gasteiger partial charge in [-0.3, -0.25) is 9.69 Å². The molecule has 2 fully saturated rings. The first-order chi connectivity index (χ1) is 12.6. The highest BCUT2D eigenvalue weighted by molar-refractivity contribution is 6.02. The Bertz CT molecular complexity index is 871. The third-order valence-electron chi connectivity index (χ3n) is 4.80. The molecule has 6 nitrogen and oxygen atoms in total. The summed E-state index contributed by atoms with van der Waals surface area (Å²) in [7, 11) is 0. The van der Waals surface area contributed by atoms with E-state index in [-0.39, 0.29) is 11.9 Å². The van der Waals surface area contributed by atoms with Crippen LogP contribution in [0.5, 0.6) is 0 Å². The van der Waals surface area contributed by atoms with E-state index in [2.05, 4.69) is 17.6 Å². The van der Waals surface area contributed by atoms with Gasteiger partial charge in [-0.15, -0.1) is 0 Å². The van der Waals surface area contributed by atoms with Crippen LogP contribution in [0.25, 0.3) is 6.08 Å². The van der Waals surface area contributed by atoms with Gasteiger partial charge in [0, 0.05) is 36.5 Å². The molecule has 1 saturated heterocycles. The minimum Gasteiger partial charge on any atom is -0.461 e. The van der Waals surface area contributed by atoms with Crippen molar-refractivity contribution in [1.29, 1.82) is 0 Å². The van der Waals surface area contributed by atoms with Crippen LogP contribution < -0.4 is 15.5 Å². The van der Waals surface area contributed by atoms with Gasteiger partial charge in [-0.25, -0.2) is 4.79 Å². The average Bonchev–Trinajstić information content (AvgIpc) is 3.00. The van der Waals surface area contributed by atoms with Gasteiger partial charge in [0.05, 0.1) is 0 Å². The number of hydrogen-bond acceptors (Lipinski definition) is 3. The lowest BCUT2D eigenvalue weighted by molar-refractivity contribution is -0.111. The van der Waals surface area contributed by atoms with Crippen LogP contribution in [0.15, 0.2) is 46.9 Å². The Labute approximate surface area is 151 Å². The van der Waals surface area contributed by atoms with Crippen molar-refractivity contribution in [2.75, 3.05) is 23.3 Å². The highest BCUT2D eigenvalue weighted by Crippen LogP contribution is 2.47. The largest absolute Gasteiger partial charge is 0.461 e. The summed E-state index contributed by atoms with van der Waals surface area (Å²) in [5, 5.41) is 5.58. The van der Waals surface area contributed by atoms with Crippen molar-refractivity contribution in [2.45, 2.75) is 19.3 Å². The number of amides is 3. The molecule has 1 aliphatic carbocycles. The van der Waals surface area contributed by atoms with Gasteiger partial charge in [0.15, 0.2) is 0 Å². The number of anilines is 2. The quantitative estimate of drug-likeness (QED) is 0.809. The van der Waals surface area contributed by atoms with Crippen molar-refractivity contribution in [3.8, 4) is 0 Å². The van der Waals surface area contributed by atoms with E-state index in [4.69, 9.17) is 4.42 Å². The SMILES string of the molecule is C[C@@H]1C[C@H]1c1ccc(/C=C/C(=O)Nc2cccc(N3CCNC3=O)c2)o1. The molecule has 0 bridgehead atoms. The van der Waals surface area contributed by atoms with Crippen LogP contribution in [0.4, 0.5) is 16.2 Å². The fourth-order valence-electron chi connectivity index (χ4n) is 3.19. The highest BCUT2D eigenvalue weighted by atomic mass is 16.3. The molecule has 1 aromatic heterocycles. The number of hydrogen-bond donors (Lipinski definition) is 2. The van der Waals surface area contributed by atoms with E-state index in [1.807, 2.05) is 24.3 Å². The molecule has 2 N–H and O–H groups in total. The lowest BCUT2D eigenvalue weighted by atomic mass is 10.2. The van der Waals surface area contributed by atoms with Crippen LogP contribution in [0.2, 0.25) is 0 Å². The summed E-state index contributed by atoms with van der Waals surface area (Å²) in [4.78, 5) is 25.6. The van der Waals surface area contributed by atoms with Crippen molar-refractivity contribution in [3.63, 3.8) is 0 Å². The smallest absolute Gasteiger partial charge is 0.321 e. The Morgan fingerprint density at radius 3 is 2.92 bits per heavy atom. The number of urea groups is 1. The molecule has 26 heavy (non-hydrogen) atoms. The number of furan rings is 1. The first-order valence-corrected chi connectivity index (χ1v) is 8.84. The van der Waals surface area contributed by atoms with Gasteiger partial charge in [0.1, 0.15) is 11.5 Å². The highest BCUT2D eigenvalue weighted by Gasteiger charge is 2.36. The maximum Gasteiger partial charge on any atom is 0.321 e. The summed E-state index contributed by atoms with van der Waals surface area (Å²) < 4.78 is 5.76. The monoisotopic (exact) mass is 351 g/mol. The molecule has 0 radical (unpaired) electrons. The van der Waals surface area contributed by atoms with Crippen molar-refractivity contribution in [2.24, 2.45) is 5.92 Å². The molecule has 134 valence electrons. The van der Waals surface area contributed by atoms with Crippen LogP contribution >= 0.6 is 0 Å². The number of nitrogens with one attached hydrogen (secondary N) is 2. The van der Waals surface area contributed by atoms with E-state index in [1.54, 1.807) is 23.1 Å². The van der Waals surface area contributed by atoms with Gasteiger partial charge in [0.2, 0.25) is 5.91 Å². The van der Waals surface area contributed by atoms with Gasteiger partial charge >= 0.3 is 6.03 Å². The summed E-state index contributed by atoms with van der Waals surface area (Å²) >= 11 is 0. The normalized spacial score (nSPS) is 21.9. The Balaban J connectivity index is 1.38. The molecule has 2 atom stereocenters. The molecule has 6 heteroatoms. The second-order valence-electron chi connectivity index (χ2n) is 6.82. The number of benzene rings is 1. The molecule has 1 aliphatic heterocycles. The second-order valence-corrected chi connectivity index (χ2v) is 6.82. The second kappa shape index (κ2) is 6.71. The maximum atomic E-state index is 12.2. The van der Waals surface area contributed by atoms with Crippen LogP contribution in [0.3, 0.4) is 0 Å². The van der Waals surface area contributed by atoms with Gasteiger partial charge < -0.3 is 15.1 Å². The molecule has 1 aromatic carbocycles. The zero-order valence-electron chi connectivity index (χ0n) is 14.6. The maximum absolute atomic E-state index is 12.2. The molecule has 1 saturated carbocycles. The Kier molecular flexibility index (Phi) is 4.24. The minimum absolute atomic E-state index is 0.119. The van der Waals surface area contributed by atoms with E-state index in [0.29, 0.717) is 36.4 Å². The van der Waals surface area contributed by atoms with Crippen LogP contribution in [0.1, 0.15) is 30.8 Å². The van der Waals surface area contributed by atoms with E-state index < -0.39 is 0 Å². The van der Waals surface area contributed by atoms with Crippen molar-refractivity contribution < 1.29 is 14.0 Å². The molecule has 0 unspecified atom stereocenters. The summed E-state index contributed by atoms with van der Waals surface area (Å²) in [6.45, 7) is 3.45. The van der Waals surface area contributed by atoms with Crippen molar-refractivity contribution >= 4 is 29.4 Å². The zero-order chi connectivity index (χ0) is 18.1. The third kappa shape index (κ3) is 3.49. The molecule has 2 aromatic rings. The number of carbonyl (C=O) groups excluding carboxylic acids is 2. The fraction of sp³-hybridized carbons (Fsp3) is 0.300. The van der Waals surface area contributed by atoms with E-state index in [1.165, 1.54) is 12.5 Å². The van der Waals surface area contributed by atoms with Crippen LogP contribution in [-0.2, 0) is 4.79 Å². The Morgan fingerprint density at radius 2 is 2.19 bits per heavy atom. The first-order valence-electron chi connectivity index (χ1n) is 8.84. The van der Waals surface area contributed by atoms with Gasteiger partial charge in [-0.1, -0.05) is 13.0 Å². The standard InChI is InChI=1S/C20H21N3O3/c1-13-11-17(13)18-7-5-16(26-18)6-8-19(24)22-14-3-2-4-15(12-14)23-10-9-21-20(23)25/h2-8,12-13,17H,9-11H2,1H3,(H,21,25)(H,22,24)/b8-6+/t13-,17-/m1/s1. The van der Waals surface area contributed by atoms with Gasteiger partial charge in [-0.05, 0) is 48.7 Å². The lowest BCUT2D eigenvalue weighted by Crippen LogP contribution is -2.27. The zero-order valence-corrected chi connectivity index (χ0v) is 14.6. The topological polar surface area (TPSA) is 74.6 Å². The average molecular weight is 351 g/mol. The predicted molar refractivity (Wildman–Crippen MR) is 100 cm³/mol. The van der Waals surface area contributed by atoms with Crippen molar-refractivity contribution in [3.05, 3.63) is 54.0 Å². The number of carbonyl (C=O) groups is 2. The third-order valence-corrected chi connectivity index (χ3v) is 4.80. The molecular formula is C20H21N3O3. The molecule has 2 heterocycles. The molecule has 0 spiro atoms. The first kappa shape index (κ1) is 16.4. The van der Waals surface area contributed by atoms with Crippen molar-refractivity contribution in [1.82, 2.24) is 5.32 Å². The number of rotatable bonds is 5. The molecule has 3 amide bonds. The van der Waals surface area contributed by atoms with E-state index in [9.17, 15) is 9.59 Å². The molecule has 4 rings (SSSR count). The van der Waals surface area contributed by atoms with Crippen LogP contribution in [0, 0.1) is 5.92 Å². The summed E-state index contributed by atoms with van der Waals surface area (Å²) in [5.41, 5.74) is 1.40.